The monoisotopic (exact) mass is 352 g/mol. The fourth-order valence-electron chi connectivity index (χ4n) is 6.13. The molecule has 1 saturated carbocycles. The molecular weight excluding hydrogens is 328 g/mol. The number of rotatable bonds is 2. The van der Waals surface area contributed by atoms with Crippen LogP contribution < -0.4 is 0 Å². The van der Waals surface area contributed by atoms with Crippen molar-refractivity contribution in [1.82, 2.24) is 9.88 Å². The van der Waals surface area contributed by atoms with Crippen LogP contribution in [0.2, 0.25) is 0 Å². The normalized spacial score (nSPS) is 35.2. The maximum absolute atomic E-state index is 13.3. The summed E-state index contributed by atoms with van der Waals surface area (Å²) in [5, 5.41) is 0.924. The van der Waals surface area contributed by atoms with E-state index in [-0.39, 0.29) is 17.8 Å². The summed E-state index contributed by atoms with van der Waals surface area (Å²) < 4.78 is 5.36. The SMILES string of the molecule is CC[C@H]1C[C@H]2CN3CC(=O)c4c([nH]c5ccccc45)[C@](C(=O)OC)(C2)[C@H]13. The van der Waals surface area contributed by atoms with Gasteiger partial charge in [0.05, 0.1) is 13.7 Å². The maximum atomic E-state index is 13.3. The zero-order valence-electron chi connectivity index (χ0n) is 15.2. The number of hydrogen-bond acceptors (Lipinski definition) is 4. The third-order valence-corrected chi connectivity index (χ3v) is 6.94. The number of esters is 1. The number of carbonyl (C=O) groups is 2. The Morgan fingerprint density at radius 2 is 2.19 bits per heavy atom. The van der Waals surface area contributed by atoms with Crippen molar-refractivity contribution in [2.24, 2.45) is 11.8 Å². The lowest BCUT2D eigenvalue weighted by Gasteiger charge is -2.57. The van der Waals surface area contributed by atoms with Crippen LogP contribution in [0.1, 0.15) is 42.2 Å². The highest BCUT2D eigenvalue weighted by Crippen LogP contribution is 2.55. The van der Waals surface area contributed by atoms with Crippen molar-refractivity contribution in [3.05, 3.63) is 35.5 Å². The highest BCUT2D eigenvalue weighted by molar-refractivity contribution is 6.12. The molecular formula is C21H24N2O3. The summed E-state index contributed by atoms with van der Waals surface area (Å²) in [5.41, 5.74) is 1.66. The average molecular weight is 352 g/mol. The molecule has 2 saturated heterocycles. The van der Waals surface area contributed by atoms with Crippen LogP contribution in [-0.4, -0.2) is 47.9 Å². The molecule has 4 bridgehead atoms. The molecule has 3 aliphatic heterocycles. The lowest BCUT2D eigenvalue weighted by atomic mass is 9.56. The second kappa shape index (κ2) is 5.43. The second-order valence-corrected chi connectivity index (χ2v) is 8.16. The number of aromatic nitrogens is 1. The van der Waals surface area contributed by atoms with Crippen LogP contribution in [0.15, 0.2) is 24.3 Å². The summed E-state index contributed by atoms with van der Waals surface area (Å²) in [6.07, 6.45) is 2.92. The van der Waals surface area contributed by atoms with Crippen molar-refractivity contribution < 1.29 is 14.3 Å². The third kappa shape index (κ3) is 1.84. The van der Waals surface area contributed by atoms with Crippen molar-refractivity contribution >= 4 is 22.7 Å². The molecule has 1 unspecified atom stereocenters. The van der Waals surface area contributed by atoms with Crippen molar-refractivity contribution in [3.8, 4) is 0 Å². The van der Waals surface area contributed by atoms with Crippen LogP contribution in [0, 0.1) is 11.8 Å². The fourth-order valence-corrected chi connectivity index (χ4v) is 6.13. The first kappa shape index (κ1) is 16.1. The standard InChI is InChI=1S/C21H24N2O3/c1-3-13-8-12-9-21(20(25)26-2)18-17(14-6-4-5-7-15(14)22-18)16(24)11-23(10-12)19(13)21/h4-7,12-13,19,22H,3,8-11H2,1-2H3/t12-,13+,19+,21-/m1/s1. The minimum Gasteiger partial charge on any atom is -0.468 e. The number of hydrogen-bond donors (Lipinski definition) is 1. The van der Waals surface area contributed by atoms with Gasteiger partial charge in [-0.2, -0.15) is 0 Å². The minimum atomic E-state index is -0.767. The number of carbonyl (C=O) groups excluding carboxylic acids is 2. The number of H-pyrrole nitrogens is 1. The van der Waals surface area contributed by atoms with E-state index in [1.807, 2.05) is 24.3 Å². The first-order chi connectivity index (χ1) is 12.6. The molecule has 5 atom stereocenters. The molecule has 0 spiro atoms. The van der Waals surface area contributed by atoms with E-state index in [1.54, 1.807) is 0 Å². The van der Waals surface area contributed by atoms with Gasteiger partial charge >= 0.3 is 5.97 Å². The first-order valence-corrected chi connectivity index (χ1v) is 9.57. The quantitative estimate of drug-likeness (QED) is 0.844. The summed E-state index contributed by atoms with van der Waals surface area (Å²) >= 11 is 0. The number of methoxy groups -OCH3 is 1. The van der Waals surface area contributed by atoms with Crippen molar-refractivity contribution in [3.63, 3.8) is 0 Å². The summed E-state index contributed by atoms with van der Waals surface area (Å²) in [4.78, 5) is 32.3. The van der Waals surface area contributed by atoms with E-state index in [0.29, 0.717) is 23.9 Å². The number of Topliss-reactive ketones (excluding diaryl/α,β-unsaturated/α-hetero) is 1. The summed E-state index contributed by atoms with van der Waals surface area (Å²) in [6, 6.07) is 7.91. The smallest absolute Gasteiger partial charge is 0.319 e. The first-order valence-electron chi connectivity index (χ1n) is 9.57. The zero-order valence-corrected chi connectivity index (χ0v) is 15.2. The molecule has 2 aromatic rings. The van der Waals surface area contributed by atoms with Gasteiger partial charge in [0.1, 0.15) is 5.41 Å². The number of benzene rings is 1. The van der Waals surface area contributed by atoms with E-state index in [1.165, 1.54) is 7.11 Å². The predicted molar refractivity (Wildman–Crippen MR) is 98.2 cm³/mol. The van der Waals surface area contributed by atoms with Gasteiger partial charge in [-0.3, -0.25) is 14.5 Å². The molecule has 1 aromatic carbocycles. The Bertz CT molecular complexity index is 917. The van der Waals surface area contributed by atoms with Crippen LogP contribution in [0.4, 0.5) is 0 Å². The number of nitrogens with zero attached hydrogens (tertiary/aromatic N) is 1. The zero-order chi connectivity index (χ0) is 18.1. The number of piperidine rings is 2. The molecule has 0 amide bonds. The highest BCUT2D eigenvalue weighted by Gasteiger charge is 2.63. The van der Waals surface area contributed by atoms with Crippen molar-refractivity contribution in [1.29, 1.82) is 0 Å². The summed E-state index contributed by atoms with van der Waals surface area (Å²) in [7, 11) is 1.47. The largest absolute Gasteiger partial charge is 0.468 e. The van der Waals surface area contributed by atoms with Crippen LogP contribution in [-0.2, 0) is 14.9 Å². The van der Waals surface area contributed by atoms with E-state index < -0.39 is 5.41 Å². The number of ether oxygens (including phenoxy) is 1. The van der Waals surface area contributed by atoms with E-state index in [4.69, 9.17) is 4.74 Å². The van der Waals surface area contributed by atoms with Crippen LogP contribution in [0.5, 0.6) is 0 Å². The number of nitrogens with one attached hydrogen (secondary N) is 1. The van der Waals surface area contributed by atoms with Gasteiger partial charge in [-0.05, 0) is 30.7 Å². The number of ketones is 1. The number of fused-ring (bicyclic) bond motifs is 4. The van der Waals surface area contributed by atoms with Crippen molar-refractivity contribution in [2.45, 2.75) is 37.6 Å². The Balaban J connectivity index is 1.85. The van der Waals surface area contributed by atoms with Crippen molar-refractivity contribution in [2.75, 3.05) is 20.2 Å². The van der Waals surface area contributed by atoms with Gasteiger partial charge in [0, 0.05) is 34.7 Å². The van der Waals surface area contributed by atoms with Gasteiger partial charge in [-0.25, -0.2) is 0 Å². The van der Waals surface area contributed by atoms with Crippen LogP contribution >= 0.6 is 0 Å². The predicted octanol–water partition coefficient (Wildman–Crippen LogP) is 2.90. The van der Waals surface area contributed by atoms with Gasteiger partial charge in [-0.15, -0.1) is 0 Å². The van der Waals surface area contributed by atoms with Gasteiger partial charge in [0.25, 0.3) is 0 Å². The molecule has 5 nitrogen and oxygen atoms in total. The van der Waals surface area contributed by atoms with Gasteiger partial charge in [0.2, 0.25) is 0 Å². The van der Waals surface area contributed by atoms with Gasteiger partial charge < -0.3 is 9.72 Å². The summed E-state index contributed by atoms with van der Waals surface area (Å²) in [5.74, 6) is 0.754. The molecule has 1 aromatic heterocycles. The average Bonchev–Trinajstić information content (AvgIpc) is 3.03. The molecule has 1 aliphatic carbocycles. The summed E-state index contributed by atoms with van der Waals surface area (Å²) in [6.45, 7) is 3.50. The maximum Gasteiger partial charge on any atom is 0.319 e. The lowest BCUT2D eigenvalue weighted by Crippen LogP contribution is -2.67. The Morgan fingerprint density at radius 1 is 1.38 bits per heavy atom. The minimum absolute atomic E-state index is 0.0308. The highest BCUT2D eigenvalue weighted by atomic mass is 16.5. The molecule has 136 valence electrons. The molecule has 3 fully saturated rings. The number of aromatic amines is 1. The molecule has 4 aliphatic rings. The Labute approximate surface area is 152 Å². The van der Waals surface area contributed by atoms with Gasteiger partial charge in [-0.1, -0.05) is 31.5 Å². The van der Waals surface area contributed by atoms with Crippen LogP contribution in [0.3, 0.4) is 0 Å². The Kier molecular flexibility index (Phi) is 3.35. The fraction of sp³-hybridized carbons (Fsp3) is 0.524. The molecule has 5 heteroatoms. The molecule has 6 rings (SSSR count). The third-order valence-electron chi connectivity index (χ3n) is 6.94. The number of para-hydroxylation sites is 1. The van der Waals surface area contributed by atoms with Crippen LogP contribution in [0.25, 0.3) is 10.9 Å². The van der Waals surface area contributed by atoms with E-state index in [9.17, 15) is 9.59 Å². The van der Waals surface area contributed by atoms with E-state index >= 15 is 0 Å². The lowest BCUT2D eigenvalue weighted by molar-refractivity contribution is -0.162. The molecule has 1 N–H and O–H groups in total. The Hall–Kier alpha value is -2.14. The molecule has 4 heterocycles. The Morgan fingerprint density at radius 3 is 2.96 bits per heavy atom. The van der Waals surface area contributed by atoms with Gasteiger partial charge in [0.15, 0.2) is 5.78 Å². The topological polar surface area (TPSA) is 62.4 Å². The van der Waals surface area contributed by atoms with E-state index in [0.717, 1.165) is 42.4 Å². The van der Waals surface area contributed by atoms with E-state index in [2.05, 4.69) is 16.8 Å². The second-order valence-electron chi connectivity index (χ2n) is 8.16. The molecule has 0 radical (unpaired) electrons. The molecule has 26 heavy (non-hydrogen) atoms.